The number of nitrogen functional groups attached to an aromatic ring is 2. The second kappa shape index (κ2) is 9.34. The van der Waals surface area contributed by atoms with E-state index in [1.807, 2.05) is 0 Å². The van der Waals surface area contributed by atoms with Gasteiger partial charge in [0.05, 0.1) is 26.4 Å². The van der Waals surface area contributed by atoms with Gasteiger partial charge in [0.15, 0.2) is 12.5 Å². The largest absolute Gasteiger partial charge is 0.393 e. The summed E-state index contributed by atoms with van der Waals surface area (Å²) in [5.74, 6) is 0.0215. The lowest BCUT2D eigenvalue weighted by Crippen LogP contribution is -2.46. The van der Waals surface area contributed by atoms with Crippen LogP contribution in [0.5, 0.6) is 0 Å². The predicted molar refractivity (Wildman–Crippen MR) is 132 cm³/mol. The summed E-state index contributed by atoms with van der Waals surface area (Å²) in [6.45, 7) is -5.57. The number of rotatable bonds is 8. The first kappa shape index (κ1) is 26.8. The fourth-order valence-electron chi connectivity index (χ4n) is 5.23. The Hall–Kier alpha value is -2.38. The number of hydrogen-bond donors (Lipinski definition) is 5. The molecule has 4 saturated heterocycles. The minimum Gasteiger partial charge on any atom is -0.393 e. The number of aliphatic hydroxyl groups is 2. The van der Waals surface area contributed by atoms with Gasteiger partial charge in [-0.05, 0) is 12.1 Å². The normalized spacial score (nSPS) is 38.3. The number of nitrogens with two attached hydrogens (primary N) is 2. The third-order valence-electron chi connectivity index (χ3n) is 7.22. The molecule has 0 amide bonds. The van der Waals surface area contributed by atoms with E-state index in [1.54, 1.807) is 0 Å². The Morgan fingerprint density at radius 3 is 2.15 bits per heavy atom. The zero-order valence-corrected chi connectivity index (χ0v) is 21.8. The van der Waals surface area contributed by atoms with Crippen LogP contribution in [-0.2, 0) is 32.6 Å². The first-order chi connectivity index (χ1) is 18.5. The summed E-state index contributed by atoms with van der Waals surface area (Å²) in [6.07, 6.45) is -3.74. The Balaban J connectivity index is 1.18. The van der Waals surface area contributed by atoms with Gasteiger partial charge in [-0.3, -0.25) is 18.2 Å². The summed E-state index contributed by atoms with van der Waals surface area (Å²) in [5.41, 5.74) is 6.68. The Bertz CT molecular complexity index is 1460. The minimum absolute atomic E-state index is 0.00635. The van der Waals surface area contributed by atoms with Crippen LogP contribution >= 0.6 is 19.0 Å². The fourth-order valence-corrected chi connectivity index (χ4v) is 6.75. The van der Waals surface area contributed by atoms with Crippen LogP contribution in [0.4, 0.5) is 11.6 Å². The summed E-state index contributed by atoms with van der Waals surface area (Å²) in [6, 6.07) is 2.77. The van der Waals surface area contributed by atoms with Gasteiger partial charge in [-0.25, -0.2) is 14.2 Å². The monoisotopic (exact) mass is 588 g/mol. The Labute approximate surface area is 224 Å². The van der Waals surface area contributed by atoms with Gasteiger partial charge >= 0.3 is 18.2 Å². The molecule has 9 atom stereocenters. The summed E-state index contributed by atoms with van der Waals surface area (Å²) in [5, 5.41) is 21.0. The SMILES string of the molecule is Nc1ccn([C@@H]2O[C@@]3(COP(=O)(S)OC4[C@@H]5OC[C@]4(CO)O[C@H]5n4ccc(N)nc4=O)COC2[C@H]3O)c(=O)n1. The third-order valence-corrected chi connectivity index (χ3v) is 8.80. The van der Waals surface area contributed by atoms with E-state index in [9.17, 15) is 24.4 Å². The maximum atomic E-state index is 13.4. The van der Waals surface area contributed by atoms with Crippen LogP contribution in [0.3, 0.4) is 0 Å². The van der Waals surface area contributed by atoms with Gasteiger partial charge in [0, 0.05) is 12.4 Å². The molecule has 0 spiro atoms. The topological polar surface area (TPSA) is 235 Å². The highest BCUT2D eigenvalue weighted by Crippen LogP contribution is 2.60. The van der Waals surface area contributed by atoms with Crippen molar-refractivity contribution < 1.29 is 42.8 Å². The van der Waals surface area contributed by atoms with E-state index in [0.29, 0.717) is 0 Å². The molecule has 4 bridgehead atoms. The second-order valence-corrected chi connectivity index (χ2v) is 12.5. The second-order valence-electron chi connectivity index (χ2n) is 9.65. The van der Waals surface area contributed by atoms with E-state index < -0.39 is 79.5 Å². The molecular weight excluding hydrogens is 563 g/mol. The first-order valence-electron chi connectivity index (χ1n) is 11.7. The summed E-state index contributed by atoms with van der Waals surface area (Å²) < 4.78 is 50.0. The summed E-state index contributed by atoms with van der Waals surface area (Å²) in [7, 11) is 0. The van der Waals surface area contributed by atoms with E-state index in [1.165, 1.54) is 24.5 Å². The average molecular weight is 588 g/mol. The third kappa shape index (κ3) is 4.31. The van der Waals surface area contributed by atoms with Gasteiger partial charge in [-0.1, -0.05) is 12.2 Å². The molecule has 6 rings (SSSR count). The molecule has 4 aliphatic heterocycles. The molecule has 17 nitrogen and oxygen atoms in total. The van der Waals surface area contributed by atoms with E-state index in [4.69, 9.17) is 39.5 Å². The zero-order chi connectivity index (χ0) is 27.7. The zero-order valence-electron chi connectivity index (χ0n) is 20.0. The van der Waals surface area contributed by atoms with Crippen molar-refractivity contribution in [1.29, 1.82) is 0 Å². The van der Waals surface area contributed by atoms with Crippen LogP contribution in [0.25, 0.3) is 0 Å². The number of aromatic nitrogens is 4. The molecule has 19 heteroatoms. The maximum absolute atomic E-state index is 13.4. The van der Waals surface area contributed by atoms with Gasteiger partial charge in [-0.2, -0.15) is 9.97 Å². The molecule has 3 unspecified atom stereocenters. The highest BCUT2D eigenvalue weighted by Gasteiger charge is 2.66. The van der Waals surface area contributed by atoms with Crippen LogP contribution in [0, 0.1) is 0 Å². The van der Waals surface area contributed by atoms with Gasteiger partial charge in [0.2, 0.25) is 0 Å². The highest BCUT2D eigenvalue weighted by atomic mass is 32.7. The lowest BCUT2D eigenvalue weighted by molar-refractivity contribution is -0.188. The number of nitrogens with zero attached hydrogens (tertiary/aromatic N) is 4. The summed E-state index contributed by atoms with van der Waals surface area (Å²) >= 11 is 4.07. The van der Waals surface area contributed by atoms with Crippen molar-refractivity contribution in [2.24, 2.45) is 0 Å². The van der Waals surface area contributed by atoms with Crippen LogP contribution < -0.4 is 22.8 Å². The lowest BCUT2D eigenvalue weighted by atomic mass is 10.0. The summed E-state index contributed by atoms with van der Waals surface area (Å²) in [4.78, 5) is 32.0. The average Bonchev–Trinajstić information content (AvgIpc) is 3.57. The molecule has 0 aliphatic carbocycles. The molecule has 39 heavy (non-hydrogen) atoms. The molecule has 0 saturated carbocycles. The van der Waals surface area contributed by atoms with Gasteiger partial charge in [0.1, 0.15) is 47.3 Å². The number of aliphatic hydroxyl groups excluding tert-OH is 2. The lowest BCUT2D eigenvalue weighted by Gasteiger charge is -2.32. The Morgan fingerprint density at radius 2 is 1.56 bits per heavy atom. The molecule has 6 N–H and O–H groups in total. The maximum Gasteiger partial charge on any atom is 0.386 e. The van der Waals surface area contributed by atoms with Crippen molar-refractivity contribution in [1.82, 2.24) is 19.1 Å². The first-order valence-corrected chi connectivity index (χ1v) is 14.4. The van der Waals surface area contributed by atoms with Crippen molar-refractivity contribution in [3.63, 3.8) is 0 Å². The molecular formula is C20H25N6O11PS. The van der Waals surface area contributed by atoms with Crippen LogP contribution in [0.1, 0.15) is 12.5 Å². The predicted octanol–water partition coefficient (Wildman–Crippen LogP) is -2.21. The standard InChI is InChI=1S/C20H25N6O11PS/c21-9-1-3-25(17(29)23-9)15-11-13(28)20(36-15,7-32-11)8-34-38(31,39)37-14-12-16(35-19(14,5-27)6-33-12)26-4-2-10(22)24-18(26)30/h1-4,11-16,27-28H,5-8H2,(H,31,39)(H2,21,23,29)(H2,22,24,30)/t11?,12-,13+,14?,15+,16+,19-,20+,38?/m0/s1. The van der Waals surface area contributed by atoms with Gasteiger partial charge < -0.3 is 40.6 Å². The molecule has 0 aromatic carbocycles. The van der Waals surface area contributed by atoms with Crippen molar-refractivity contribution in [2.45, 2.75) is 48.1 Å². The van der Waals surface area contributed by atoms with Crippen LogP contribution in [0.15, 0.2) is 34.1 Å². The number of fused-ring (bicyclic) bond motifs is 4. The minimum atomic E-state index is -4.24. The van der Waals surface area contributed by atoms with E-state index in [2.05, 4.69) is 22.2 Å². The van der Waals surface area contributed by atoms with Crippen molar-refractivity contribution >= 4 is 30.7 Å². The molecule has 2 aromatic rings. The van der Waals surface area contributed by atoms with Crippen molar-refractivity contribution in [2.75, 3.05) is 37.9 Å². The molecule has 2 aromatic heterocycles. The number of thiol groups is 1. The molecule has 4 fully saturated rings. The van der Waals surface area contributed by atoms with E-state index in [-0.39, 0.29) is 24.8 Å². The van der Waals surface area contributed by atoms with Crippen LogP contribution in [-0.4, -0.2) is 91.4 Å². The van der Waals surface area contributed by atoms with Gasteiger partial charge in [-0.15, -0.1) is 0 Å². The van der Waals surface area contributed by atoms with E-state index in [0.717, 1.165) is 9.13 Å². The highest BCUT2D eigenvalue weighted by molar-refractivity contribution is 8.44. The quantitative estimate of drug-likeness (QED) is 0.162. The fraction of sp³-hybridized carbons (Fsp3) is 0.600. The van der Waals surface area contributed by atoms with E-state index >= 15 is 0 Å². The smallest absolute Gasteiger partial charge is 0.386 e. The Kier molecular flexibility index (Phi) is 6.42. The molecule has 4 aliphatic rings. The Morgan fingerprint density at radius 1 is 1.03 bits per heavy atom. The molecule has 0 radical (unpaired) electrons. The van der Waals surface area contributed by atoms with Gasteiger partial charge in [0.25, 0.3) is 0 Å². The van der Waals surface area contributed by atoms with Crippen molar-refractivity contribution in [3.8, 4) is 0 Å². The van der Waals surface area contributed by atoms with Crippen LogP contribution in [0.2, 0.25) is 0 Å². The number of anilines is 2. The number of hydrogen-bond acceptors (Lipinski definition) is 15. The van der Waals surface area contributed by atoms with Crippen molar-refractivity contribution in [3.05, 3.63) is 45.5 Å². The number of ether oxygens (including phenoxy) is 4. The molecule has 6 heterocycles. The molecule has 212 valence electrons.